The zero-order chi connectivity index (χ0) is 38.9. The van der Waals surface area contributed by atoms with Gasteiger partial charge in [-0.05, 0) is 99.7 Å². The molecule has 278 valence electrons. The Kier molecular flexibility index (Phi) is 7.68. The van der Waals surface area contributed by atoms with Gasteiger partial charge in [0.1, 0.15) is 17.0 Å². The van der Waals surface area contributed by atoms with Gasteiger partial charge in [0.15, 0.2) is 0 Å². The smallest absolute Gasteiger partial charge is 0.137 e. The molecule has 0 saturated carbocycles. The van der Waals surface area contributed by atoms with Gasteiger partial charge in [-0.15, -0.1) is 0 Å². The van der Waals surface area contributed by atoms with E-state index in [1.54, 1.807) is 0 Å². The van der Waals surface area contributed by atoms with Crippen LogP contribution in [0.1, 0.15) is 0 Å². The van der Waals surface area contributed by atoms with Gasteiger partial charge in [-0.2, -0.15) is 0 Å². The van der Waals surface area contributed by atoms with Crippen molar-refractivity contribution in [2.45, 2.75) is 0 Å². The van der Waals surface area contributed by atoms with Crippen LogP contribution >= 0.6 is 0 Å². The van der Waals surface area contributed by atoms with Gasteiger partial charge in [0.25, 0.3) is 0 Å². The highest BCUT2D eigenvalue weighted by atomic mass is 28.2. The molecule has 0 fully saturated rings. The Hall–Kier alpha value is -7.60. The first-order chi connectivity index (χ1) is 29.3. The van der Waals surface area contributed by atoms with Gasteiger partial charge in [0.2, 0.25) is 0 Å². The SMILES string of the molecule is c1ccc(-c2ccc3c(c2)oc2cc(N(c4ccc5c(c4)N(c4ccccc4)c4c(c6ccccc6n4-c4ccccc4)[SiH2]5)c4cccc5ccccc45)ccc23)cc1. The van der Waals surface area contributed by atoms with E-state index in [0.29, 0.717) is 0 Å². The van der Waals surface area contributed by atoms with Gasteiger partial charge in [0.05, 0.1) is 20.7 Å². The Morgan fingerprint density at radius 2 is 1.07 bits per heavy atom. The number of furan rings is 1. The number of hydrogen-bond acceptors (Lipinski definition) is 3. The van der Waals surface area contributed by atoms with E-state index in [4.69, 9.17) is 4.42 Å². The van der Waals surface area contributed by atoms with Crippen molar-refractivity contribution >= 4 is 97.8 Å². The molecule has 2 aromatic heterocycles. The summed E-state index contributed by atoms with van der Waals surface area (Å²) in [4.78, 5) is 4.92. The highest BCUT2D eigenvalue weighted by Gasteiger charge is 2.32. The van der Waals surface area contributed by atoms with Gasteiger partial charge in [0, 0.05) is 56.0 Å². The maximum Gasteiger partial charge on any atom is 0.137 e. The Bertz CT molecular complexity index is 3370. The van der Waals surface area contributed by atoms with Crippen LogP contribution < -0.4 is 20.2 Å². The Morgan fingerprint density at radius 1 is 0.441 bits per heavy atom. The molecule has 3 heterocycles. The van der Waals surface area contributed by atoms with Gasteiger partial charge in [-0.25, -0.2) is 0 Å². The van der Waals surface area contributed by atoms with Crippen molar-refractivity contribution < 1.29 is 4.42 Å². The Balaban J connectivity index is 1.08. The van der Waals surface area contributed by atoms with Crippen molar-refractivity contribution in [3.8, 4) is 16.8 Å². The summed E-state index contributed by atoms with van der Waals surface area (Å²) < 4.78 is 9.19. The molecule has 4 nitrogen and oxygen atoms in total. The second kappa shape index (κ2) is 13.5. The van der Waals surface area contributed by atoms with Gasteiger partial charge < -0.3 is 9.32 Å². The molecule has 0 saturated heterocycles. The molecule has 0 unspecified atom stereocenters. The summed E-state index contributed by atoms with van der Waals surface area (Å²) >= 11 is 0. The van der Waals surface area contributed by atoms with Crippen LogP contribution in [0.15, 0.2) is 217 Å². The molecule has 1 aliphatic heterocycles. The molecule has 1 aliphatic rings. The number of nitrogens with zero attached hydrogens (tertiary/aromatic N) is 3. The van der Waals surface area contributed by atoms with Crippen molar-refractivity contribution in [2.24, 2.45) is 0 Å². The van der Waals surface area contributed by atoms with Crippen molar-refractivity contribution in [3.63, 3.8) is 0 Å². The average Bonchev–Trinajstić information content (AvgIpc) is 3.84. The number of fused-ring (bicyclic) bond motifs is 8. The summed E-state index contributed by atoms with van der Waals surface area (Å²) in [7, 11) is -0.898. The summed E-state index contributed by atoms with van der Waals surface area (Å²) in [6.07, 6.45) is 0. The van der Waals surface area contributed by atoms with Crippen molar-refractivity contribution in [1.29, 1.82) is 0 Å². The fourth-order valence-corrected chi connectivity index (χ4v) is 11.3. The lowest BCUT2D eigenvalue weighted by Gasteiger charge is -2.35. The molecule has 0 N–H and O–H groups in total. The summed E-state index contributed by atoms with van der Waals surface area (Å²) in [5.74, 6) is 1.23. The highest BCUT2D eigenvalue weighted by Crippen LogP contribution is 2.45. The maximum atomic E-state index is 6.72. The second-order valence-corrected chi connectivity index (χ2v) is 17.2. The number of benzene rings is 9. The predicted octanol–water partition coefficient (Wildman–Crippen LogP) is 12.7. The minimum atomic E-state index is -0.898. The number of para-hydroxylation sites is 3. The minimum absolute atomic E-state index is 0.862. The lowest BCUT2D eigenvalue weighted by molar-refractivity contribution is 0.669. The molecule has 9 aromatic carbocycles. The topological polar surface area (TPSA) is 24.6 Å². The van der Waals surface area contributed by atoms with Crippen LogP contribution in [0, 0.1) is 0 Å². The fourth-order valence-electron chi connectivity index (χ4n) is 9.28. The molecule has 12 rings (SSSR count). The van der Waals surface area contributed by atoms with Crippen LogP contribution in [0.3, 0.4) is 0 Å². The molecule has 0 atom stereocenters. The molecule has 0 spiro atoms. The Morgan fingerprint density at radius 3 is 1.88 bits per heavy atom. The molecule has 0 aliphatic carbocycles. The summed E-state index contributed by atoms with van der Waals surface area (Å²) in [5.41, 5.74) is 12.1. The van der Waals surface area contributed by atoms with Crippen molar-refractivity contribution in [3.05, 3.63) is 212 Å². The lowest BCUT2D eigenvalue weighted by atomic mass is 10.0. The fraction of sp³-hybridized carbons (Fsp3) is 0. The summed E-state index contributed by atoms with van der Waals surface area (Å²) in [5, 5.41) is 8.82. The monoisotopic (exact) mass is 771 g/mol. The minimum Gasteiger partial charge on any atom is -0.456 e. The zero-order valence-corrected chi connectivity index (χ0v) is 33.6. The number of hydrogen-bond donors (Lipinski definition) is 0. The van der Waals surface area contributed by atoms with Crippen LogP contribution in [-0.2, 0) is 0 Å². The first-order valence-electron chi connectivity index (χ1n) is 20.2. The number of anilines is 6. The lowest BCUT2D eigenvalue weighted by Crippen LogP contribution is -2.40. The van der Waals surface area contributed by atoms with E-state index in [1.165, 1.54) is 49.1 Å². The average molecular weight is 772 g/mol. The van der Waals surface area contributed by atoms with Crippen molar-refractivity contribution in [2.75, 3.05) is 9.80 Å². The van der Waals surface area contributed by atoms with Crippen molar-refractivity contribution in [1.82, 2.24) is 4.57 Å². The van der Waals surface area contributed by atoms with Crippen LogP contribution in [0.2, 0.25) is 0 Å². The van der Waals surface area contributed by atoms with E-state index in [9.17, 15) is 0 Å². The molecular weight excluding hydrogens is 735 g/mol. The van der Waals surface area contributed by atoms with Crippen LogP contribution in [-0.4, -0.2) is 14.1 Å². The van der Waals surface area contributed by atoms with Gasteiger partial charge in [-0.3, -0.25) is 9.47 Å². The quantitative estimate of drug-likeness (QED) is 0.157. The highest BCUT2D eigenvalue weighted by molar-refractivity contribution is 6.74. The molecule has 59 heavy (non-hydrogen) atoms. The third-order valence-corrected chi connectivity index (χ3v) is 14.0. The van der Waals surface area contributed by atoms with E-state index < -0.39 is 9.52 Å². The third kappa shape index (κ3) is 5.43. The van der Waals surface area contributed by atoms with E-state index >= 15 is 0 Å². The molecular formula is C54H37N3OSi. The van der Waals surface area contributed by atoms with Crippen LogP contribution in [0.25, 0.3) is 60.4 Å². The predicted molar refractivity (Wildman–Crippen MR) is 251 cm³/mol. The molecule has 5 heteroatoms. The first kappa shape index (κ1) is 33.5. The van der Waals surface area contributed by atoms with E-state index in [0.717, 1.165) is 55.9 Å². The number of rotatable bonds is 6. The van der Waals surface area contributed by atoms with Gasteiger partial charge in [-0.1, -0.05) is 133 Å². The first-order valence-corrected chi connectivity index (χ1v) is 21.6. The zero-order valence-electron chi connectivity index (χ0n) is 32.2. The van der Waals surface area contributed by atoms with E-state index in [2.05, 4.69) is 227 Å². The molecule has 11 aromatic rings. The normalized spacial score (nSPS) is 12.7. The molecule has 0 amide bonds. The second-order valence-electron chi connectivity index (χ2n) is 15.3. The van der Waals surface area contributed by atoms with Gasteiger partial charge >= 0.3 is 0 Å². The van der Waals surface area contributed by atoms with Crippen LogP contribution in [0.5, 0.6) is 0 Å². The van der Waals surface area contributed by atoms with E-state index in [1.807, 2.05) is 0 Å². The number of aromatic nitrogens is 1. The molecule has 0 bridgehead atoms. The summed E-state index contributed by atoms with van der Waals surface area (Å²) in [6.45, 7) is 0. The molecule has 0 radical (unpaired) electrons. The Labute approximate surface area is 344 Å². The summed E-state index contributed by atoms with van der Waals surface area (Å²) in [6, 6.07) is 76.8. The third-order valence-electron chi connectivity index (χ3n) is 12.0. The van der Waals surface area contributed by atoms with Crippen LogP contribution in [0.4, 0.5) is 34.3 Å². The maximum absolute atomic E-state index is 6.72. The largest absolute Gasteiger partial charge is 0.456 e. The van der Waals surface area contributed by atoms with E-state index in [-0.39, 0.29) is 0 Å². The standard InChI is InChI=1S/C54H37N3OSi/c1-4-15-36(16-5-1)38-27-30-44-45-31-28-42(35-51(45)58-50(44)33-38)55(47-26-14-18-37-17-10-11-23-43(37)47)41-29-32-52-49(34-41)57(40-21-8-3-9-22-40)54-53(59-52)46-24-12-13-25-48(46)56(54)39-19-6-2-7-20-39/h1-35H,59H2.